The van der Waals surface area contributed by atoms with Crippen molar-refractivity contribution in [1.82, 2.24) is 10.4 Å². The molecule has 28 heavy (non-hydrogen) atoms. The smallest absolute Gasteiger partial charge is 0.248 e. The van der Waals surface area contributed by atoms with Gasteiger partial charge in [-0.2, -0.15) is 0 Å². The lowest BCUT2D eigenvalue weighted by molar-refractivity contribution is -0.870. The standard InChI is InChI=1S/C23H44N3O2/c1-22(2)19-20(23(3,4)25(22)28)21(27)24-17-15-13-11-9-8-10-12-14-16-18-26(5,6)7/h19H,8-18H2,1-7H3/p+1. The number of amides is 1. The van der Waals surface area contributed by atoms with Crippen LogP contribution in [0.25, 0.3) is 0 Å². The molecule has 1 aliphatic rings. The van der Waals surface area contributed by atoms with E-state index in [2.05, 4.69) is 26.5 Å². The molecule has 1 rings (SSSR count). The van der Waals surface area contributed by atoms with Gasteiger partial charge in [0.05, 0.1) is 38.8 Å². The minimum Gasteiger partial charge on any atom is -0.352 e. The van der Waals surface area contributed by atoms with Crippen LogP contribution in [0.1, 0.15) is 85.5 Å². The molecular weight excluding hydrogens is 350 g/mol. The van der Waals surface area contributed by atoms with E-state index in [1.807, 2.05) is 33.8 Å². The average molecular weight is 396 g/mol. The topological polar surface area (TPSA) is 52.2 Å². The summed E-state index contributed by atoms with van der Waals surface area (Å²) in [5.74, 6) is -0.0923. The molecule has 0 unspecified atom stereocenters. The number of unbranched alkanes of at least 4 members (excludes halogenated alkanes) is 8. The lowest BCUT2D eigenvalue weighted by atomic mass is 9.96. The fourth-order valence-electron chi connectivity index (χ4n) is 4.01. The molecule has 0 atom stereocenters. The number of carbonyl (C=O) groups excluding carboxylic acids is 1. The van der Waals surface area contributed by atoms with Crippen molar-refractivity contribution in [3.05, 3.63) is 11.6 Å². The van der Waals surface area contributed by atoms with E-state index in [9.17, 15) is 10.0 Å². The van der Waals surface area contributed by atoms with Gasteiger partial charge in [0, 0.05) is 12.1 Å². The van der Waals surface area contributed by atoms with Crippen molar-refractivity contribution in [2.75, 3.05) is 34.2 Å². The summed E-state index contributed by atoms with van der Waals surface area (Å²) in [6, 6.07) is 0. The van der Waals surface area contributed by atoms with Gasteiger partial charge in [0.1, 0.15) is 0 Å². The van der Waals surface area contributed by atoms with Crippen molar-refractivity contribution >= 4 is 5.91 Å². The molecule has 1 aliphatic heterocycles. The summed E-state index contributed by atoms with van der Waals surface area (Å²) in [5.41, 5.74) is -0.792. The predicted octanol–water partition coefficient (Wildman–Crippen LogP) is 4.46. The lowest BCUT2D eigenvalue weighted by Gasteiger charge is -2.33. The Balaban J connectivity index is 2.06. The van der Waals surface area contributed by atoms with E-state index in [0.717, 1.165) is 22.4 Å². The highest BCUT2D eigenvalue weighted by molar-refractivity contribution is 5.96. The maximum absolute atomic E-state index is 12.5. The average Bonchev–Trinajstić information content (AvgIpc) is 2.74. The van der Waals surface area contributed by atoms with E-state index in [4.69, 9.17) is 0 Å². The van der Waals surface area contributed by atoms with Gasteiger partial charge in [-0.1, -0.05) is 44.6 Å². The Bertz CT molecular complexity index is 518. The normalized spacial score (nSPS) is 18.9. The molecule has 0 aromatic rings. The van der Waals surface area contributed by atoms with Gasteiger partial charge in [-0.05, 0) is 47.0 Å². The minimum absolute atomic E-state index is 0.0923. The van der Waals surface area contributed by atoms with Crippen LogP contribution in [0, 0.1) is 0 Å². The van der Waals surface area contributed by atoms with Gasteiger partial charge in [-0.3, -0.25) is 4.79 Å². The van der Waals surface area contributed by atoms with Gasteiger partial charge in [-0.25, -0.2) is 0 Å². The summed E-state index contributed by atoms with van der Waals surface area (Å²) < 4.78 is 1.07. The first-order chi connectivity index (χ1) is 12.9. The van der Waals surface area contributed by atoms with Gasteiger partial charge in [0.2, 0.25) is 5.91 Å². The molecule has 163 valence electrons. The number of nitrogens with one attached hydrogen (secondary N) is 1. The molecule has 1 heterocycles. The maximum atomic E-state index is 12.5. The summed E-state index contributed by atoms with van der Waals surface area (Å²) in [4.78, 5) is 12.5. The van der Waals surface area contributed by atoms with E-state index in [1.54, 1.807) is 0 Å². The van der Waals surface area contributed by atoms with Crippen molar-refractivity contribution in [2.45, 2.75) is 96.6 Å². The Morgan fingerprint density at radius 2 is 1.36 bits per heavy atom. The van der Waals surface area contributed by atoms with Crippen LogP contribution in [-0.2, 0) is 10.0 Å². The molecule has 0 aliphatic carbocycles. The second-order valence-corrected chi connectivity index (χ2v) is 10.5. The third-order valence-corrected chi connectivity index (χ3v) is 5.72. The van der Waals surface area contributed by atoms with Crippen LogP contribution in [0.5, 0.6) is 0 Å². The highest BCUT2D eigenvalue weighted by Crippen LogP contribution is 2.38. The molecule has 0 fully saturated rings. The van der Waals surface area contributed by atoms with E-state index in [1.165, 1.54) is 51.5 Å². The summed E-state index contributed by atoms with van der Waals surface area (Å²) in [6.07, 6.45) is 13.2. The Kier molecular flexibility index (Phi) is 9.65. The molecule has 5 nitrogen and oxygen atoms in total. The van der Waals surface area contributed by atoms with E-state index < -0.39 is 11.1 Å². The van der Waals surface area contributed by atoms with Gasteiger partial charge < -0.3 is 9.80 Å². The molecule has 0 aromatic carbocycles. The molecular formula is C23H45N3O2+. The lowest BCUT2D eigenvalue weighted by Crippen LogP contribution is -2.48. The van der Waals surface area contributed by atoms with Crippen molar-refractivity contribution in [3.8, 4) is 0 Å². The monoisotopic (exact) mass is 395 g/mol. The largest absolute Gasteiger partial charge is 0.352 e. The highest BCUT2D eigenvalue weighted by atomic mass is 16.5. The molecule has 0 aromatic heterocycles. The van der Waals surface area contributed by atoms with E-state index >= 15 is 0 Å². The Morgan fingerprint density at radius 3 is 1.79 bits per heavy atom. The number of rotatable bonds is 13. The third-order valence-electron chi connectivity index (χ3n) is 5.72. The second-order valence-electron chi connectivity index (χ2n) is 10.5. The minimum atomic E-state index is -0.764. The summed E-state index contributed by atoms with van der Waals surface area (Å²) in [7, 11) is 6.77. The molecule has 1 amide bonds. The van der Waals surface area contributed by atoms with Gasteiger partial charge in [0.15, 0.2) is 0 Å². The quantitative estimate of drug-likeness (QED) is 0.370. The van der Waals surface area contributed by atoms with Crippen LogP contribution < -0.4 is 5.32 Å². The predicted molar refractivity (Wildman–Crippen MR) is 116 cm³/mol. The molecule has 1 N–H and O–H groups in total. The first-order valence-electron chi connectivity index (χ1n) is 11.2. The summed E-state index contributed by atoms with van der Waals surface area (Å²) in [5, 5.41) is 16.4. The van der Waals surface area contributed by atoms with Crippen molar-refractivity contribution < 1.29 is 14.5 Å². The van der Waals surface area contributed by atoms with Crippen molar-refractivity contribution in [2.24, 2.45) is 0 Å². The molecule has 5 heteroatoms. The van der Waals surface area contributed by atoms with Crippen LogP contribution >= 0.6 is 0 Å². The number of hydrogen-bond acceptors (Lipinski definition) is 2. The van der Waals surface area contributed by atoms with Crippen LogP contribution in [0.4, 0.5) is 0 Å². The Morgan fingerprint density at radius 1 is 0.893 bits per heavy atom. The number of hydrogen-bond donors (Lipinski definition) is 1. The van der Waals surface area contributed by atoms with Crippen LogP contribution in [0.3, 0.4) is 0 Å². The fraction of sp³-hybridized carbons (Fsp3) is 0.870. The number of quaternary nitrogens is 1. The van der Waals surface area contributed by atoms with Gasteiger partial charge >= 0.3 is 0 Å². The second kappa shape index (κ2) is 10.7. The van der Waals surface area contributed by atoms with Gasteiger partial charge in [-0.15, -0.1) is 10.3 Å². The number of hydroxylamine groups is 2. The number of nitrogens with zero attached hydrogens (tertiary/aromatic N) is 2. The summed E-state index contributed by atoms with van der Waals surface area (Å²) >= 11 is 0. The van der Waals surface area contributed by atoms with E-state index in [0.29, 0.717) is 12.1 Å². The molecule has 0 saturated carbocycles. The Labute approximate surface area is 173 Å². The van der Waals surface area contributed by atoms with Gasteiger partial charge in [0.25, 0.3) is 0 Å². The van der Waals surface area contributed by atoms with Crippen LogP contribution in [0.2, 0.25) is 0 Å². The first-order valence-corrected chi connectivity index (χ1v) is 11.2. The fourth-order valence-corrected chi connectivity index (χ4v) is 4.01. The zero-order valence-electron chi connectivity index (χ0n) is 19.6. The van der Waals surface area contributed by atoms with Crippen molar-refractivity contribution in [3.63, 3.8) is 0 Å². The molecule has 1 radical (unpaired) electrons. The highest BCUT2D eigenvalue weighted by Gasteiger charge is 2.48. The molecule has 0 spiro atoms. The molecule has 0 bridgehead atoms. The zero-order chi connectivity index (χ0) is 21.4. The zero-order valence-corrected chi connectivity index (χ0v) is 19.6. The first kappa shape index (κ1) is 25.1. The van der Waals surface area contributed by atoms with Crippen molar-refractivity contribution in [1.29, 1.82) is 0 Å². The van der Waals surface area contributed by atoms with Crippen LogP contribution in [-0.4, -0.2) is 60.8 Å². The maximum Gasteiger partial charge on any atom is 0.248 e. The van der Waals surface area contributed by atoms with E-state index in [-0.39, 0.29) is 5.91 Å². The third kappa shape index (κ3) is 8.22. The Hall–Kier alpha value is -0.910. The summed E-state index contributed by atoms with van der Waals surface area (Å²) in [6.45, 7) is 9.31. The number of carbonyl (C=O) groups is 1. The SMILES string of the molecule is CC1(C)C=C(C(=O)NCCCCCCCCCCC[N+](C)(C)C)C(C)(C)N1[O]. The molecule has 0 saturated heterocycles. The van der Waals surface area contributed by atoms with Crippen LogP contribution in [0.15, 0.2) is 11.6 Å².